The Labute approximate surface area is 223 Å². The van der Waals surface area contributed by atoms with E-state index in [0.29, 0.717) is 41.9 Å². The number of hydrogen-bond donors (Lipinski definition) is 0. The highest BCUT2D eigenvalue weighted by Crippen LogP contribution is 2.38. The molecular formula is C31H32N2O3S. The summed E-state index contributed by atoms with van der Waals surface area (Å²) in [5.74, 6) is 1.32. The molecule has 3 aromatic rings. The van der Waals surface area contributed by atoms with Crippen molar-refractivity contribution in [2.45, 2.75) is 32.9 Å². The Bertz CT molecular complexity index is 1290. The number of amides is 1. The molecule has 0 unspecified atom stereocenters. The fourth-order valence-corrected chi connectivity index (χ4v) is 4.99. The minimum Gasteiger partial charge on any atom is -0.493 e. The number of methoxy groups -OCH3 is 1. The van der Waals surface area contributed by atoms with Crippen molar-refractivity contribution >= 4 is 28.9 Å². The van der Waals surface area contributed by atoms with Gasteiger partial charge in [-0.15, -0.1) is 6.58 Å². The van der Waals surface area contributed by atoms with Gasteiger partial charge in [-0.3, -0.25) is 14.7 Å². The summed E-state index contributed by atoms with van der Waals surface area (Å²) < 4.78 is 11.6. The number of nitrogens with zero attached hydrogens (tertiary/aromatic N) is 2. The van der Waals surface area contributed by atoms with Crippen LogP contribution in [-0.4, -0.2) is 29.7 Å². The Morgan fingerprint density at radius 1 is 1.03 bits per heavy atom. The van der Waals surface area contributed by atoms with Crippen LogP contribution in [0, 0.1) is 0 Å². The molecule has 4 rings (SSSR count). The van der Waals surface area contributed by atoms with Crippen LogP contribution in [0.5, 0.6) is 11.5 Å². The second-order valence-corrected chi connectivity index (χ2v) is 9.63. The minimum absolute atomic E-state index is 0.0591. The number of allylic oxidation sites excluding steroid dienone is 1. The summed E-state index contributed by atoms with van der Waals surface area (Å²) in [5.41, 5.74) is 4.00. The number of carbonyl (C=O) groups excluding carboxylic acids is 1. The number of ether oxygens (including phenoxy) is 2. The maximum atomic E-state index is 13.6. The molecule has 1 saturated heterocycles. The van der Waals surface area contributed by atoms with Gasteiger partial charge >= 0.3 is 0 Å². The van der Waals surface area contributed by atoms with Crippen LogP contribution in [0.1, 0.15) is 35.6 Å². The standard InChI is InChI=1S/C31H32N2O3S/c1-4-12-26-18-25(19-27(35-3)29(26)36-17-5-2)20-28-30(34)33(22-24-15-10-7-11-16-24)31(37-28)32-21-23-13-8-6-9-14-23/h4,6-11,13-16,18-20H,1,5,12,17,21-22H2,2-3H3/b28-20+,32-31?. The SMILES string of the molecule is C=CCc1cc(/C=C2/SC(=NCc3ccccc3)N(Cc3ccccc3)C2=O)cc(OC)c1OCCC. The Morgan fingerprint density at radius 3 is 2.38 bits per heavy atom. The third kappa shape index (κ3) is 6.71. The molecule has 0 spiro atoms. The van der Waals surface area contributed by atoms with Gasteiger partial charge in [0, 0.05) is 5.56 Å². The molecule has 0 radical (unpaired) electrons. The van der Waals surface area contributed by atoms with Crippen LogP contribution in [0.15, 0.2) is 95.3 Å². The lowest BCUT2D eigenvalue weighted by molar-refractivity contribution is -0.122. The highest BCUT2D eigenvalue weighted by molar-refractivity contribution is 8.18. The first-order valence-corrected chi connectivity index (χ1v) is 13.2. The summed E-state index contributed by atoms with van der Waals surface area (Å²) in [6, 6.07) is 24.0. The van der Waals surface area contributed by atoms with Crippen molar-refractivity contribution in [2.75, 3.05) is 13.7 Å². The van der Waals surface area contributed by atoms with Crippen LogP contribution in [0.2, 0.25) is 0 Å². The van der Waals surface area contributed by atoms with Crippen molar-refractivity contribution in [1.82, 2.24) is 4.90 Å². The van der Waals surface area contributed by atoms with Gasteiger partial charge in [0.1, 0.15) is 0 Å². The lowest BCUT2D eigenvalue weighted by Gasteiger charge is -2.16. The lowest BCUT2D eigenvalue weighted by atomic mass is 10.0. The molecule has 0 bridgehead atoms. The zero-order valence-electron chi connectivity index (χ0n) is 21.4. The van der Waals surface area contributed by atoms with Gasteiger partial charge in [-0.25, -0.2) is 0 Å². The molecule has 1 fully saturated rings. The molecule has 0 aliphatic carbocycles. The third-order valence-electron chi connectivity index (χ3n) is 5.80. The fraction of sp³-hybridized carbons (Fsp3) is 0.226. The molecule has 6 heteroatoms. The molecular weight excluding hydrogens is 480 g/mol. The molecule has 1 aliphatic rings. The molecule has 0 saturated carbocycles. The van der Waals surface area contributed by atoms with Crippen molar-refractivity contribution in [3.05, 3.63) is 113 Å². The summed E-state index contributed by atoms with van der Waals surface area (Å²) in [6.07, 6.45) is 5.29. The van der Waals surface area contributed by atoms with Crippen molar-refractivity contribution in [3.8, 4) is 11.5 Å². The Hall–Kier alpha value is -3.77. The highest BCUT2D eigenvalue weighted by atomic mass is 32.2. The van der Waals surface area contributed by atoms with Crippen molar-refractivity contribution in [3.63, 3.8) is 0 Å². The van der Waals surface area contributed by atoms with Gasteiger partial charge in [0.15, 0.2) is 16.7 Å². The predicted molar refractivity (Wildman–Crippen MR) is 153 cm³/mol. The number of rotatable bonds is 11. The average molecular weight is 513 g/mol. The summed E-state index contributed by atoms with van der Waals surface area (Å²) >= 11 is 1.41. The van der Waals surface area contributed by atoms with E-state index in [-0.39, 0.29) is 5.91 Å². The van der Waals surface area contributed by atoms with Crippen molar-refractivity contribution in [1.29, 1.82) is 0 Å². The molecule has 1 amide bonds. The number of amidine groups is 1. The molecule has 37 heavy (non-hydrogen) atoms. The largest absolute Gasteiger partial charge is 0.493 e. The molecule has 0 atom stereocenters. The average Bonchev–Trinajstić information content (AvgIpc) is 3.21. The normalized spacial score (nSPS) is 15.4. The van der Waals surface area contributed by atoms with E-state index in [9.17, 15) is 4.79 Å². The molecule has 0 aromatic heterocycles. The number of thioether (sulfide) groups is 1. The fourth-order valence-electron chi connectivity index (χ4n) is 4.02. The monoisotopic (exact) mass is 512 g/mol. The number of benzene rings is 3. The van der Waals surface area contributed by atoms with Gasteiger partial charge in [-0.1, -0.05) is 73.7 Å². The second kappa shape index (κ2) is 13.0. The minimum atomic E-state index is -0.0591. The first-order valence-electron chi connectivity index (χ1n) is 12.4. The van der Waals surface area contributed by atoms with E-state index in [2.05, 4.69) is 13.5 Å². The van der Waals surface area contributed by atoms with Crippen LogP contribution in [0.25, 0.3) is 6.08 Å². The smallest absolute Gasteiger partial charge is 0.267 e. The van der Waals surface area contributed by atoms with E-state index in [0.717, 1.165) is 34.4 Å². The van der Waals surface area contributed by atoms with E-state index in [1.165, 1.54) is 11.8 Å². The molecule has 5 nitrogen and oxygen atoms in total. The van der Waals surface area contributed by atoms with Gasteiger partial charge in [-0.2, -0.15) is 0 Å². The van der Waals surface area contributed by atoms with E-state index in [4.69, 9.17) is 14.5 Å². The first kappa shape index (κ1) is 26.3. The summed E-state index contributed by atoms with van der Waals surface area (Å²) in [4.78, 5) is 20.8. The zero-order chi connectivity index (χ0) is 26.0. The van der Waals surface area contributed by atoms with Crippen LogP contribution in [0.4, 0.5) is 0 Å². The van der Waals surface area contributed by atoms with Crippen molar-refractivity contribution in [2.24, 2.45) is 4.99 Å². The number of hydrogen-bond acceptors (Lipinski definition) is 5. The highest BCUT2D eigenvalue weighted by Gasteiger charge is 2.33. The van der Waals surface area contributed by atoms with Crippen LogP contribution >= 0.6 is 11.8 Å². The third-order valence-corrected chi connectivity index (χ3v) is 6.84. The molecule has 0 N–H and O–H groups in total. The summed E-state index contributed by atoms with van der Waals surface area (Å²) in [7, 11) is 1.63. The quantitative estimate of drug-likeness (QED) is 0.207. The van der Waals surface area contributed by atoms with Gasteiger partial charge in [0.2, 0.25) is 0 Å². The predicted octanol–water partition coefficient (Wildman–Crippen LogP) is 6.89. The van der Waals surface area contributed by atoms with E-state index in [1.807, 2.05) is 84.9 Å². The van der Waals surface area contributed by atoms with Gasteiger partial charge < -0.3 is 9.47 Å². The van der Waals surface area contributed by atoms with E-state index in [1.54, 1.807) is 12.0 Å². The Morgan fingerprint density at radius 2 is 1.73 bits per heavy atom. The van der Waals surface area contributed by atoms with Gasteiger partial charge in [0.25, 0.3) is 5.91 Å². The lowest BCUT2D eigenvalue weighted by Crippen LogP contribution is -2.28. The topological polar surface area (TPSA) is 51.1 Å². The molecule has 1 heterocycles. The Kier molecular flexibility index (Phi) is 9.22. The maximum Gasteiger partial charge on any atom is 0.267 e. The first-order chi connectivity index (χ1) is 18.1. The van der Waals surface area contributed by atoms with Crippen LogP contribution < -0.4 is 9.47 Å². The number of aliphatic imine (C=N–C) groups is 1. The zero-order valence-corrected chi connectivity index (χ0v) is 22.2. The maximum absolute atomic E-state index is 13.6. The van der Waals surface area contributed by atoms with E-state index < -0.39 is 0 Å². The van der Waals surface area contributed by atoms with Crippen molar-refractivity contribution < 1.29 is 14.3 Å². The Balaban J connectivity index is 1.68. The summed E-state index contributed by atoms with van der Waals surface area (Å²) in [5, 5.41) is 0.699. The molecule has 1 aliphatic heterocycles. The summed E-state index contributed by atoms with van der Waals surface area (Å²) in [6.45, 7) is 7.54. The molecule has 190 valence electrons. The van der Waals surface area contributed by atoms with Gasteiger partial charge in [-0.05, 0) is 59.5 Å². The van der Waals surface area contributed by atoms with Crippen LogP contribution in [0.3, 0.4) is 0 Å². The van der Waals surface area contributed by atoms with Crippen LogP contribution in [-0.2, 0) is 24.3 Å². The van der Waals surface area contributed by atoms with Gasteiger partial charge in [0.05, 0.1) is 31.7 Å². The second-order valence-electron chi connectivity index (χ2n) is 8.62. The van der Waals surface area contributed by atoms with E-state index >= 15 is 0 Å². The number of carbonyl (C=O) groups is 1. The molecule has 3 aromatic carbocycles.